The van der Waals surface area contributed by atoms with Gasteiger partial charge < -0.3 is 10.0 Å². The van der Waals surface area contributed by atoms with Gasteiger partial charge in [0.25, 0.3) is 0 Å². The van der Waals surface area contributed by atoms with Gasteiger partial charge >= 0.3 is 5.97 Å². The van der Waals surface area contributed by atoms with Crippen molar-refractivity contribution < 1.29 is 23.1 Å². The standard InChI is InChI=1S/C11H19NO5S/c1-3-6-18(16,17)7-10(13)12(9-4-5-9)8(2)11(14)15/h8-9H,3-7H2,1-2H3,(H,14,15). The Morgan fingerprint density at radius 3 is 2.33 bits per heavy atom. The van der Waals surface area contributed by atoms with Gasteiger partial charge in [-0.2, -0.15) is 0 Å². The number of nitrogens with zero attached hydrogens (tertiary/aromatic N) is 1. The summed E-state index contributed by atoms with van der Waals surface area (Å²) in [7, 11) is -3.42. The second kappa shape index (κ2) is 5.69. The number of aliphatic carboxylic acids is 1. The van der Waals surface area contributed by atoms with Gasteiger partial charge in [-0.1, -0.05) is 6.92 Å². The molecule has 7 heteroatoms. The minimum atomic E-state index is -3.42. The van der Waals surface area contributed by atoms with E-state index in [1.807, 2.05) is 0 Å². The lowest BCUT2D eigenvalue weighted by atomic mass is 10.2. The molecule has 0 aliphatic heterocycles. The summed E-state index contributed by atoms with van der Waals surface area (Å²) in [5.41, 5.74) is 0. The van der Waals surface area contributed by atoms with Crippen molar-refractivity contribution in [3.05, 3.63) is 0 Å². The monoisotopic (exact) mass is 277 g/mol. The molecule has 0 aromatic carbocycles. The van der Waals surface area contributed by atoms with Gasteiger partial charge in [-0.25, -0.2) is 13.2 Å². The van der Waals surface area contributed by atoms with Crippen molar-refractivity contribution in [3.8, 4) is 0 Å². The van der Waals surface area contributed by atoms with Crippen molar-refractivity contribution in [1.29, 1.82) is 0 Å². The van der Waals surface area contributed by atoms with Crippen LogP contribution in [0.25, 0.3) is 0 Å². The van der Waals surface area contributed by atoms with E-state index in [-0.39, 0.29) is 11.8 Å². The zero-order valence-electron chi connectivity index (χ0n) is 10.6. The number of sulfone groups is 1. The zero-order valence-corrected chi connectivity index (χ0v) is 11.4. The Labute approximate surface area is 107 Å². The highest BCUT2D eigenvalue weighted by Crippen LogP contribution is 2.29. The van der Waals surface area contributed by atoms with Crippen molar-refractivity contribution in [1.82, 2.24) is 4.90 Å². The van der Waals surface area contributed by atoms with Gasteiger partial charge in [0.1, 0.15) is 11.8 Å². The van der Waals surface area contributed by atoms with E-state index in [1.165, 1.54) is 11.8 Å². The number of hydrogen-bond acceptors (Lipinski definition) is 4. The maximum Gasteiger partial charge on any atom is 0.326 e. The van der Waals surface area contributed by atoms with Gasteiger partial charge in [0.2, 0.25) is 5.91 Å². The predicted octanol–water partition coefficient (Wildman–Crippen LogP) is 0.275. The average Bonchev–Trinajstić information content (AvgIpc) is 3.00. The Morgan fingerprint density at radius 1 is 1.39 bits per heavy atom. The third-order valence-electron chi connectivity index (χ3n) is 2.86. The number of carboxylic acids is 1. The predicted molar refractivity (Wildman–Crippen MR) is 65.9 cm³/mol. The van der Waals surface area contributed by atoms with E-state index in [0.717, 1.165) is 12.8 Å². The van der Waals surface area contributed by atoms with Gasteiger partial charge in [0.15, 0.2) is 9.84 Å². The highest BCUT2D eigenvalue weighted by Gasteiger charge is 2.39. The van der Waals surface area contributed by atoms with E-state index in [1.54, 1.807) is 6.92 Å². The molecule has 0 heterocycles. The van der Waals surface area contributed by atoms with Crippen LogP contribution < -0.4 is 0 Å². The second-order valence-electron chi connectivity index (χ2n) is 4.64. The third kappa shape index (κ3) is 3.97. The van der Waals surface area contributed by atoms with E-state index in [0.29, 0.717) is 6.42 Å². The fourth-order valence-corrected chi connectivity index (χ4v) is 3.15. The molecule has 0 aromatic heterocycles. The summed E-state index contributed by atoms with van der Waals surface area (Å²) < 4.78 is 23.2. The minimum Gasteiger partial charge on any atom is -0.480 e. The topological polar surface area (TPSA) is 91.8 Å². The Balaban J connectivity index is 2.75. The Bertz CT molecular complexity index is 427. The number of carbonyl (C=O) groups excluding carboxylic acids is 1. The molecule has 1 aliphatic carbocycles. The van der Waals surface area contributed by atoms with Crippen LogP contribution >= 0.6 is 0 Å². The van der Waals surface area contributed by atoms with E-state index in [2.05, 4.69) is 0 Å². The first-order valence-electron chi connectivity index (χ1n) is 6.03. The van der Waals surface area contributed by atoms with Crippen molar-refractivity contribution >= 4 is 21.7 Å². The highest BCUT2D eigenvalue weighted by molar-refractivity contribution is 7.92. The molecule has 6 nitrogen and oxygen atoms in total. The molecule has 0 radical (unpaired) electrons. The number of carboxylic acid groups (broad SMARTS) is 1. The molecule has 1 rings (SSSR count). The lowest BCUT2D eigenvalue weighted by Crippen LogP contribution is -2.47. The number of rotatable bonds is 7. The normalized spacial score (nSPS) is 17.2. The Morgan fingerprint density at radius 2 is 1.94 bits per heavy atom. The number of amides is 1. The summed E-state index contributed by atoms with van der Waals surface area (Å²) in [4.78, 5) is 24.1. The quantitative estimate of drug-likeness (QED) is 0.721. The molecule has 0 bridgehead atoms. The van der Waals surface area contributed by atoms with Gasteiger partial charge in [-0.3, -0.25) is 4.79 Å². The fraction of sp³-hybridized carbons (Fsp3) is 0.818. The average molecular weight is 277 g/mol. The molecule has 1 amide bonds. The first-order valence-corrected chi connectivity index (χ1v) is 7.85. The molecule has 1 saturated carbocycles. The molecule has 1 fully saturated rings. The maximum atomic E-state index is 11.9. The second-order valence-corrected chi connectivity index (χ2v) is 6.82. The van der Waals surface area contributed by atoms with Crippen LogP contribution in [-0.4, -0.2) is 53.9 Å². The fourth-order valence-electron chi connectivity index (χ4n) is 1.85. The summed E-state index contributed by atoms with van der Waals surface area (Å²) in [6.07, 6.45) is 1.95. The van der Waals surface area contributed by atoms with E-state index in [4.69, 9.17) is 5.11 Å². The lowest BCUT2D eigenvalue weighted by Gasteiger charge is -2.26. The van der Waals surface area contributed by atoms with Gasteiger partial charge in [-0.05, 0) is 26.2 Å². The Kier molecular flexibility index (Phi) is 4.72. The van der Waals surface area contributed by atoms with Crippen LogP contribution in [0, 0.1) is 0 Å². The van der Waals surface area contributed by atoms with E-state index in [9.17, 15) is 18.0 Å². The van der Waals surface area contributed by atoms with Crippen LogP contribution in [0.4, 0.5) is 0 Å². The van der Waals surface area contributed by atoms with Crippen LogP contribution in [-0.2, 0) is 19.4 Å². The molecular formula is C11H19NO5S. The summed E-state index contributed by atoms with van der Waals surface area (Å²) in [5.74, 6) is -2.34. The van der Waals surface area contributed by atoms with Crippen LogP contribution in [0.5, 0.6) is 0 Å². The summed E-state index contributed by atoms with van der Waals surface area (Å²) >= 11 is 0. The van der Waals surface area contributed by atoms with E-state index < -0.39 is 33.5 Å². The van der Waals surface area contributed by atoms with Crippen LogP contribution in [0.3, 0.4) is 0 Å². The SMILES string of the molecule is CCCS(=O)(=O)CC(=O)N(C1CC1)C(C)C(=O)O. The van der Waals surface area contributed by atoms with Crippen molar-refractivity contribution in [2.24, 2.45) is 0 Å². The molecule has 0 aromatic rings. The van der Waals surface area contributed by atoms with Gasteiger partial charge in [-0.15, -0.1) is 0 Å². The highest BCUT2D eigenvalue weighted by atomic mass is 32.2. The van der Waals surface area contributed by atoms with Gasteiger partial charge in [0.05, 0.1) is 5.75 Å². The largest absolute Gasteiger partial charge is 0.480 e. The molecule has 1 atom stereocenters. The summed E-state index contributed by atoms with van der Waals surface area (Å²) in [5, 5.41) is 8.94. The third-order valence-corrected chi connectivity index (χ3v) is 4.58. The lowest BCUT2D eigenvalue weighted by molar-refractivity contribution is -0.149. The molecule has 0 saturated heterocycles. The molecule has 18 heavy (non-hydrogen) atoms. The van der Waals surface area contributed by atoms with Crippen molar-refractivity contribution in [2.45, 2.75) is 45.2 Å². The molecule has 1 N–H and O–H groups in total. The minimum absolute atomic E-state index is 0.0430. The van der Waals surface area contributed by atoms with Crippen molar-refractivity contribution in [2.75, 3.05) is 11.5 Å². The van der Waals surface area contributed by atoms with Crippen LogP contribution in [0.2, 0.25) is 0 Å². The number of carbonyl (C=O) groups is 2. The number of hydrogen-bond donors (Lipinski definition) is 1. The van der Waals surface area contributed by atoms with Gasteiger partial charge in [0, 0.05) is 6.04 Å². The first kappa shape index (κ1) is 14.9. The maximum absolute atomic E-state index is 11.9. The molecule has 104 valence electrons. The summed E-state index contributed by atoms with van der Waals surface area (Å²) in [6.45, 7) is 3.13. The van der Waals surface area contributed by atoms with Crippen LogP contribution in [0.15, 0.2) is 0 Å². The smallest absolute Gasteiger partial charge is 0.326 e. The zero-order chi connectivity index (χ0) is 13.9. The summed E-state index contributed by atoms with van der Waals surface area (Å²) in [6, 6.07) is -1.08. The molecular weight excluding hydrogens is 258 g/mol. The molecule has 1 aliphatic rings. The molecule has 1 unspecified atom stereocenters. The Hall–Kier alpha value is -1.11. The first-order chi connectivity index (χ1) is 8.28. The van der Waals surface area contributed by atoms with E-state index >= 15 is 0 Å². The van der Waals surface area contributed by atoms with Crippen molar-refractivity contribution in [3.63, 3.8) is 0 Å². The molecule has 0 spiro atoms. The van der Waals surface area contributed by atoms with Crippen LogP contribution in [0.1, 0.15) is 33.1 Å².